The molecule has 0 aliphatic heterocycles. The van der Waals surface area contributed by atoms with Crippen molar-refractivity contribution in [3.63, 3.8) is 0 Å². The van der Waals surface area contributed by atoms with Crippen LogP contribution in [-0.2, 0) is 17.7 Å². The number of ether oxygens (including phenoxy) is 1. The molecule has 94 valence electrons. The number of hydrogen-bond acceptors (Lipinski definition) is 3. The molecule has 0 spiro atoms. The van der Waals surface area contributed by atoms with Crippen molar-refractivity contribution in [2.24, 2.45) is 7.05 Å². The molecule has 17 heavy (non-hydrogen) atoms. The second-order valence-electron chi connectivity index (χ2n) is 3.31. The van der Waals surface area contributed by atoms with E-state index in [2.05, 4.69) is 30.9 Å². The molecule has 0 aliphatic carbocycles. The topological polar surface area (TPSA) is 39.9 Å². The van der Waals surface area contributed by atoms with E-state index >= 15 is 0 Å². The Hall–Kier alpha value is -1.08. The monoisotopic (exact) mass is 307 g/mol. The van der Waals surface area contributed by atoms with Gasteiger partial charge in [-0.15, -0.1) is 5.10 Å². The van der Waals surface area contributed by atoms with Crippen molar-refractivity contribution >= 4 is 15.9 Å². The summed E-state index contributed by atoms with van der Waals surface area (Å²) in [7, 11) is 2.68. The average molecular weight is 308 g/mol. The van der Waals surface area contributed by atoms with E-state index in [1.54, 1.807) is 12.1 Å². The molecule has 0 saturated heterocycles. The molecule has 1 heterocycles. The van der Waals surface area contributed by atoms with Gasteiger partial charge in [0.2, 0.25) is 5.82 Å². The normalized spacial score (nSPS) is 11.1. The Kier molecular flexibility index (Phi) is 4.95. The van der Waals surface area contributed by atoms with E-state index in [4.69, 9.17) is 0 Å². The summed E-state index contributed by atoms with van der Waals surface area (Å²) in [5, 5.41) is 7.06. The molecule has 0 N–H and O–H groups in total. The second kappa shape index (κ2) is 6.02. The molecule has 0 amide bonds. The fourth-order valence-electron chi connectivity index (χ4n) is 1.20. The van der Waals surface area contributed by atoms with Gasteiger partial charge in [0.25, 0.3) is 0 Å². The lowest BCUT2D eigenvalue weighted by Crippen LogP contribution is -2.26. The maximum atomic E-state index is 13.7. The highest BCUT2D eigenvalue weighted by molar-refractivity contribution is 9.10. The summed E-state index contributed by atoms with van der Waals surface area (Å²) in [5.74, 6) is -3.68. The fraction of sp³-hybridized carbons (Fsp3) is 0.400. The maximum Gasteiger partial charge on any atom is 0.329 e. The Morgan fingerprint density at radius 1 is 1.53 bits per heavy atom. The van der Waals surface area contributed by atoms with Crippen LogP contribution in [0.5, 0.6) is 0 Å². The van der Waals surface area contributed by atoms with E-state index in [1.165, 1.54) is 31.1 Å². The van der Waals surface area contributed by atoms with Crippen LogP contribution in [0.15, 0.2) is 29.0 Å². The lowest BCUT2D eigenvalue weighted by Gasteiger charge is -2.15. The minimum absolute atomic E-state index is 0.476. The fourth-order valence-corrected chi connectivity index (χ4v) is 1.66. The predicted octanol–water partition coefficient (Wildman–Crippen LogP) is 2.44. The van der Waals surface area contributed by atoms with E-state index in [0.29, 0.717) is 4.47 Å². The molecule has 4 nitrogen and oxygen atoms in total. The zero-order valence-corrected chi connectivity index (χ0v) is 11.0. The van der Waals surface area contributed by atoms with E-state index in [-0.39, 0.29) is 0 Å². The summed E-state index contributed by atoms with van der Waals surface area (Å²) < 4.78 is 33.7. The van der Waals surface area contributed by atoms with Crippen molar-refractivity contribution in [3.05, 3.63) is 34.8 Å². The zero-order valence-electron chi connectivity index (χ0n) is 9.40. The third-order valence-corrected chi connectivity index (χ3v) is 2.33. The van der Waals surface area contributed by atoms with Crippen LogP contribution in [0.2, 0.25) is 0 Å². The molecule has 0 atom stereocenters. The molecule has 0 aromatic carbocycles. The third kappa shape index (κ3) is 4.01. The van der Waals surface area contributed by atoms with E-state index in [1.807, 2.05) is 0 Å². The van der Waals surface area contributed by atoms with E-state index in [0.717, 1.165) is 0 Å². The second-order valence-corrected chi connectivity index (χ2v) is 4.23. The molecule has 0 fully saturated rings. The average Bonchev–Trinajstić information content (AvgIpc) is 2.28. The van der Waals surface area contributed by atoms with Crippen molar-refractivity contribution in [2.75, 3.05) is 13.7 Å². The lowest BCUT2D eigenvalue weighted by molar-refractivity contribution is -0.0796. The number of halogens is 3. The zero-order chi connectivity index (χ0) is 12.9. The van der Waals surface area contributed by atoms with Crippen molar-refractivity contribution in [1.82, 2.24) is 14.8 Å². The molecular weight excluding hydrogens is 296 g/mol. The molecule has 1 aromatic rings. The lowest BCUT2D eigenvalue weighted by atomic mass is 10.3. The Labute approximate surface area is 106 Å². The van der Waals surface area contributed by atoms with Gasteiger partial charge in [0, 0.05) is 31.0 Å². The minimum Gasteiger partial charge on any atom is -0.378 e. The van der Waals surface area contributed by atoms with Gasteiger partial charge < -0.3 is 9.30 Å². The van der Waals surface area contributed by atoms with Crippen LogP contribution in [0.4, 0.5) is 8.78 Å². The van der Waals surface area contributed by atoms with Crippen molar-refractivity contribution < 1.29 is 13.5 Å². The van der Waals surface area contributed by atoms with Crippen molar-refractivity contribution in [1.29, 1.82) is 0 Å². The van der Waals surface area contributed by atoms with Crippen LogP contribution >= 0.6 is 15.9 Å². The molecule has 1 aromatic heterocycles. The highest BCUT2D eigenvalue weighted by Gasteiger charge is 2.35. The van der Waals surface area contributed by atoms with Gasteiger partial charge in [-0.25, -0.2) is 0 Å². The Morgan fingerprint density at radius 3 is 2.88 bits per heavy atom. The van der Waals surface area contributed by atoms with E-state index in [9.17, 15) is 8.78 Å². The number of methoxy groups -OCH3 is 1. The Bertz CT molecular complexity index is 436. The molecule has 7 heteroatoms. The summed E-state index contributed by atoms with van der Waals surface area (Å²) in [5.41, 5.74) is 0. The summed E-state index contributed by atoms with van der Waals surface area (Å²) >= 11 is 3.22. The molecule has 0 bridgehead atoms. The van der Waals surface area contributed by atoms with Crippen LogP contribution in [0.25, 0.3) is 0 Å². The molecule has 1 rings (SSSR count). The number of alkyl halides is 2. The summed E-state index contributed by atoms with van der Waals surface area (Å²) in [4.78, 5) is 0. The number of aromatic nitrogens is 3. The highest BCUT2D eigenvalue weighted by Crippen LogP contribution is 2.25. The summed E-state index contributed by atoms with van der Waals surface area (Å²) in [6, 6.07) is 3.27. The number of hydrogen-bond donors (Lipinski definition) is 0. The SMILES string of the molecule is COCC(F)(F)c1nncccc(Br)cn1C. The van der Waals surface area contributed by atoms with Crippen LogP contribution in [-0.4, -0.2) is 28.5 Å². The van der Waals surface area contributed by atoms with Crippen LogP contribution < -0.4 is 0 Å². The number of aryl methyl sites for hydroxylation is 1. The summed E-state index contributed by atoms with van der Waals surface area (Å²) in [6.45, 7) is -0.745. The molecule has 0 aliphatic rings. The smallest absolute Gasteiger partial charge is 0.329 e. The number of nitrogens with zero attached hydrogens (tertiary/aromatic N) is 3. The predicted molar refractivity (Wildman–Crippen MR) is 62.1 cm³/mol. The van der Waals surface area contributed by atoms with Gasteiger partial charge in [-0.3, -0.25) is 0 Å². The highest BCUT2D eigenvalue weighted by atomic mass is 79.9. The molecule has 0 unspecified atom stereocenters. The van der Waals surface area contributed by atoms with Crippen LogP contribution in [0.1, 0.15) is 5.82 Å². The first kappa shape index (κ1) is 14.0. The first-order chi connectivity index (χ1) is 7.97. The van der Waals surface area contributed by atoms with Crippen molar-refractivity contribution in [2.45, 2.75) is 5.92 Å². The molecular formula is C10H12BrF2N3O. The van der Waals surface area contributed by atoms with Gasteiger partial charge in [0.05, 0.1) is 0 Å². The van der Waals surface area contributed by atoms with Gasteiger partial charge in [-0.05, 0) is 28.1 Å². The Morgan fingerprint density at radius 2 is 2.24 bits per heavy atom. The minimum atomic E-state index is -3.20. The first-order valence-corrected chi connectivity index (χ1v) is 5.52. The van der Waals surface area contributed by atoms with Gasteiger partial charge in [0.1, 0.15) is 6.61 Å². The first-order valence-electron chi connectivity index (χ1n) is 4.72. The summed E-state index contributed by atoms with van der Waals surface area (Å²) in [6.07, 6.45) is 2.81. The van der Waals surface area contributed by atoms with E-state index < -0.39 is 18.4 Å². The molecule has 0 saturated carbocycles. The standard InChI is InChI=1S/C10H12BrF2N3O/c1-16-6-8(11)4-3-5-14-15-9(16)10(12,13)7-17-2/h3-6H,7H2,1-2H3. The largest absolute Gasteiger partial charge is 0.378 e. The van der Waals surface area contributed by atoms with Crippen molar-refractivity contribution in [3.8, 4) is 0 Å². The third-order valence-electron chi connectivity index (χ3n) is 1.86. The van der Waals surface area contributed by atoms with Crippen LogP contribution in [0.3, 0.4) is 0 Å². The van der Waals surface area contributed by atoms with Gasteiger partial charge in [-0.2, -0.15) is 13.9 Å². The number of rotatable bonds is 3. The van der Waals surface area contributed by atoms with Crippen LogP contribution in [0, 0.1) is 0 Å². The quantitative estimate of drug-likeness (QED) is 0.861. The molecule has 0 radical (unpaired) electrons. The maximum absolute atomic E-state index is 13.7. The van der Waals surface area contributed by atoms with Gasteiger partial charge in [-0.1, -0.05) is 0 Å². The van der Waals surface area contributed by atoms with Gasteiger partial charge >= 0.3 is 5.92 Å². The van der Waals surface area contributed by atoms with Gasteiger partial charge in [0.15, 0.2) is 0 Å². The Balaban J connectivity index is 3.39.